The lowest BCUT2D eigenvalue weighted by Crippen LogP contribution is -2.58. The lowest BCUT2D eigenvalue weighted by Gasteiger charge is -2.40. The van der Waals surface area contributed by atoms with E-state index in [1.54, 1.807) is 0 Å². The van der Waals surface area contributed by atoms with Crippen molar-refractivity contribution in [1.29, 1.82) is 0 Å². The van der Waals surface area contributed by atoms with Gasteiger partial charge in [-0.3, -0.25) is 4.90 Å². The van der Waals surface area contributed by atoms with E-state index >= 15 is 0 Å². The van der Waals surface area contributed by atoms with Crippen LogP contribution in [0.1, 0.15) is 50.7 Å². The number of aliphatic hydroxyl groups excluding tert-OH is 2. The van der Waals surface area contributed by atoms with Gasteiger partial charge in [-0.05, 0) is 72.4 Å². The van der Waals surface area contributed by atoms with Crippen LogP contribution in [0.2, 0.25) is 10.0 Å². The molecule has 4 rings (SSSR count). The molecular formula is C30H32Cl2F3NO7. The van der Waals surface area contributed by atoms with Crippen LogP contribution in [0.15, 0.2) is 36.4 Å². The fourth-order valence-electron chi connectivity index (χ4n) is 5.16. The zero-order valence-corrected chi connectivity index (χ0v) is 25.0. The third-order valence-corrected chi connectivity index (χ3v) is 8.04. The summed E-state index contributed by atoms with van der Waals surface area (Å²) in [5.74, 6) is -5.75. The number of aliphatic hydroxyl groups is 3. The van der Waals surface area contributed by atoms with Crippen LogP contribution < -0.4 is 0 Å². The Bertz CT molecular complexity index is 1510. The Morgan fingerprint density at radius 2 is 1.49 bits per heavy atom. The van der Waals surface area contributed by atoms with E-state index in [9.17, 15) is 38.1 Å². The molecule has 0 bridgehead atoms. The highest BCUT2D eigenvalue weighted by molar-refractivity contribution is 6.39. The maximum absolute atomic E-state index is 13.8. The van der Waals surface area contributed by atoms with Crippen molar-refractivity contribution in [2.45, 2.75) is 69.8 Å². The van der Waals surface area contributed by atoms with Crippen LogP contribution in [0.3, 0.4) is 0 Å². The van der Waals surface area contributed by atoms with E-state index < -0.39 is 47.8 Å². The highest BCUT2D eigenvalue weighted by Crippen LogP contribution is 2.44. The Morgan fingerprint density at radius 3 is 2.09 bits per heavy atom. The molecule has 3 aromatic rings. The molecule has 0 amide bonds. The van der Waals surface area contributed by atoms with Crippen LogP contribution in [0, 0.1) is 0 Å². The number of carbonyl (C=O) groups excluding carboxylic acids is 2. The molecule has 3 aromatic carbocycles. The molecule has 1 saturated heterocycles. The third kappa shape index (κ3) is 6.87. The second kappa shape index (κ2) is 13.1. The molecule has 1 aliphatic heterocycles. The standard InChI is InChI=1S/C30H32Cl2F3NO7/c1-3-5-9-36(10-6-4-2)15-24-29(41,43-28(40)26(38)25(37)27(39)42-24)22-14-21-20(12-17(31)13-23(21)32)19-11-16(30(33,34)35)7-8-18(19)22/h7-8,11-14,24-26,37-38,41H,3-6,9-10,15H2,1-2H3. The molecular weight excluding hydrogens is 614 g/mol. The topological polar surface area (TPSA) is 117 Å². The minimum absolute atomic E-state index is 0.0134. The monoisotopic (exact) mass is 645 g/mol. The van der Waals surface area contributed by atoms with Crippen molar-refractivity contribution in [2.75, 3.05) is 19.6 Å². The van der Waals surface area contributed by atoms with Gasteiger partial charge in [0.1, 0.15) is 0 Å². The molecule has 0 spiro atoms. The summed E-state index contributed by atoms with van der Waals surface area (Å²) >= 11 is 12.7. The Hall–Kier alpha value is -2.67. The van der Waals surface area contributed by atoms with Gasteiger partial charge in [-0.2, -0.15) is 13.2 Å². The summed E-state index contributed by atoms with van der Waals surface area (Å²) in [5, 5.41) is 33.3. The second-order valence-electron chi connectivity index (χ2n) is 10.6. The lowest BCUT2D eigenvalue weighted by molar-refractivity contribution is -0.279. The average molecular weight is 646 g/mol. The van der Waals surface area contributed by atoms with Gasteiger partial charge in [-0.15, -0.1) is 0 Å². The number of carbonyl (C=O) groups is 2. The van der Waals surface area contributed by atoms with Gasteiger partial charge in [0.15, 0.2) is 18.3 Å². The number of unbranched alkanes of at least 4 members (excludes halogenated alkanes) is 2. The number of cyclic esters (lactones) is 2. The van der Waals surface area contributed by atoms with Gasteiger partial charge >= 0.3 is 18.1 Å². The van der Waals surface area contributed by atoms with Crippen molar-refractivity contribution in [2.24, 2.45) is 0 Å². The maximum atomic E-state index is 13.8. The number of halogens is 5. The van der Waals surface area contributed by atoms with Crippen molar-refractivity contribution in [3.63, 3.8) is 0 Å². The maximum Gasteiger partial charge on any atom is 0.416 e. The molecule has 1 aliphatic rings. The smallest absolute Gasteiger partial charge is 0.416 e. The van der Waals surface area contributed by atoms with Crippen LogP contribution in [0.25, 0.3) is 21.5 Å². The minimum atomic E-state index is -4.72. The van der Waals surface area contributed by atoms with Crippen molar-refractivity contribution in [3.8, 4) is 0 Å². The molecule has 4 atom stereocenters. The van der Waals surface area contributed by atoms with Crippen LogP contribution in [0.4, 0.5) is 13.2 Å². The van der Waals surface area contributed by atoms with Gasteiger partial charge in [0.25, 0.3) is 5.79 Å². The molecule has 8 nitrogen and oxygen atoms in total. The second-order valence-corrected chi connectivity index (χ2v) is 11.4. The molecule has 1 heterocycles. The molecule has 0 radical (unpaired) electrons. The molecule has 0 aromatic heterocycles. The fourth-order valence-corrected chi connectivity index (χ4v) is 5.71. The largest absolute Gasteiger partial charge is 0.452 e. The highest BCUT2D eigenvalue weighted by Gasteiger charge is 2.52. The Kier molecular flexibility index (Phi) is 10.1. The number of benzene rings is 3. The van der Waals surface area contributed by atoms with Crippen LogP contribution >= 0.6 is 23.2 Å². The number of rotatable bonds is 9. The van der Waals surface area contributed by atoms with Crippen LogP contribution in [0.5, 0.6) is 0 Å². The number of alkyl halides is 3. The fraction of sp³-hybridized carbons (Fsp3) is 0.467. The van der Waals surface area contributed by atoms with E-state index in [0.29, 0.717) is 13.1 Å². The summed E-state index contributed by atoms with van der Waals surface area (Å²) in [5.41, 5.74) is -1.24. The van der Waals surface area contributed by atoms with E-state index in [1.807, 2.05) is 18.7 Å². The zero-order valence-electron chi connectivity index (χ0n) is 23.5. The summed E-state index contributed by atoms with van der Waals surface area (Å²) in [4.78, 5) is 27.7. The van der Waals surface area contributed by atoms with Gasteiger partial charge in [0.05, 0.1) is 5.56 Å². The summed E-state index contributed by atoms with van der Waals surface area (Å²) in [6, 6.07) is 6.85. The molecule has 1 fully saturated rings. The summed E-state index contributed by atoms with van der Waals surface area (Å²) in [6.45, 7) is 4.84. The van der Waals surface area contributed by atoms with E-state index in [1.165, 1.54) is 18.2 Å². The number of esters is 2. The molecule has 3 N–H and O–H groups in total. The van der Waals surface area contributed by atoms with Gasteiger partial charge in [-0.1, -0.05) is 56.0 Å². The first-order valence-electron chi connectivity index (χ1n) is 13.9. The number of hydrogen-bond acceptors (Lipinski definition) is 8. The predicted octanol–water partition coefficient (Wildman–Crippen LogP) is 5.56. The van der Waals surface area contributed by atoms with E-state index in [-0.39, 0.29) is 43.7 Å². The van der Waals surface area contributed by atoms with Crippen molar-refractivity contribution in [1.82, 2.24) is 4.90 Å². The van der Waals surface area contributed by atoms with Gasteiger partial charge in [0.2, 0.25) is 0 Å². The average Bonchev–Trinajstić information content (AvgIpc) is 2.95. The molecule has 234 valence electrons. The summed E-state index contributed by atoms with van der Waals surface area (Å²) in [7, 11) is 0. The third-order valence-electron chi connectivity index (χ3n) is 7.51. The minimum Gasteiger partial charge on any atom is -0.452 e. The van der Waals surface area contributed by atoms with E-state index in [2.05, 4.69) is 0 Å². The van der Waals surface area contributed by atoms with Gasteiger partial charge in [-0.25, -0.2) is 9.59 Å². The van der Waals surface area contributed by atoms with Crippen molar-refractivity contribution < 1.29 is 47.6 Å². The summed E-state index contributed by atoms with van der Waals surface area (Å²) < 4.78 is 52.4. The first kappa shape index (κ1) is 33.2. The number of fused-ring (bicyclic) bond motifs is 3. The quantitative estimate of drug-likeness (QED) is 0.205. The molecule has 13 heteroatoms. The zero-order chi connectivity index (χ0) is 31.7. The Balaban J connectivity index is 2.02. The van der Waals surface area contributed by atoms with Crippen LogP contribution in [-0.4, -0.2) is 70.1 Å². The SMILES string of the molecule is CCCCN(CCCC)CC1OC(=O)C(O)C(O)C(=O)OC1(O)c1cc2c(Cl)cc(Cl)cc2c2cc(C(F)(F)F)ccc12. The molecule has 0 saturated carbocycles. The molecule has 43 heavy (non-hydrogen) atoms. The highest BCUT2D eigenvalue weighted by atomic mass is 35.5. The Morgan fingerprint density at radius 1 is 0.884 bits per heavy atom. The Labute approximate surface area is 255 Å². The first-order chi connectivity index (χ1) is 20.2. The predicted molar refractivity (Wildman–Crippen MR) is 155 cm³/mol. The van der Waals surface area contributed by atoms with Crippen LogP contribution in [-0.2, 0) is 31.0 Å². The normalized spacial score (nSPS) is 23.4. The van der Waals surface area contributed by atoms with Crippen molar-refractivity contribution >= 4 is 56.7 Å². The number of hydrogen-bond donors (Lipinski definition) is 3. The number of ether oxygens (including phenoxy) is 2. The lowest BCUT2D eigenvalue weighted by atomic mass is 9.88. The molecule has 4 unspecified atom stereocenters. The van der Waals surface area contributed by atoms with E-state index in [4.69, 9.17) is 32.7 Å². The van der Waals surface area contributed by atoms with E-state index in [0.717, 1.165) is 43.9 Å². The number of nitrogens with zero attached hydrogens (tertiary/aromatic N) is 1. The van der Waals surface area contributed by atoms with Gasteiger partial charge in [0, 0.05) is 27.5 Å². The molecule has 0 aliphatic carbocycles. The van der Waals surface area contributed by atoms with Crippen molar-refractivity contribution in [3.05, 3.63) is 57.6 Å². The summed E-state index contributed by atoms with van der Waals surface area (Å²) in [6.07, 6.45) is -7.93. The first-order valence-corrected chi connectivity index (χ1v) is 14.6. The van der Waals surface area contributed by atoms with Gasteiger partial charge < -0.3 is 24.8 Å².